The van der Waals surface area contributed by atoms with Crippen LogP contribution in [-0.4, -0.2) is 65.7 Å². The molecule has 0 unspecified atom stereocenters. The molecule has 1 fully saturated rings. The van der Waals surface area contributed by atoms with Crippen molar-refractivity contribution in [3.05, 3.63) is 29.3 Å². The standard InChI is InChI=1S/C15H23N3O4S/c1-12-3-4-13(15(19)22-2)11-14(12)23(20,21)17-7-10-18-8-5-16-6-9-18/h3-4,11,16-17H,5-10H2,1-2H3. The molecular formula is C15H23N3O4S. The third kappa shape index (κ3) is 4.74. The Morgan fingerprint density at radius 3 is 2.70 bits per heavy atom. The van der Waals surface area contributed by atoms with Crippen molar-refractivity contribution in [1.82, 2.24) is 14.9 Å². The summed E-state index contributed by atoms with van der Waals surface area (Å²) in [6.45, 7) is 6.38. The number of hydrogen-bond acceptors (Lipinski definition) is 6. The molecule has 2 N–H and O–H groups in total. The Morgan fingerprint density at radius 1 is 1.35 bits per heavy atom. The molecule has 1 aliphatic rings. The molecule has 128 valence electrons. The second-order valence-electron chi connectivity index (χ2n) is 5.46. The highest BCUT2D eigenvalue weighted by Gasteiger charge is 2.19. The monoisotopic (exact) mass is 341 g/mol. The van der Waals surface area contributed by atoms with Crippen molar-refractivity contribution < 1.29 is 17.9 Å². The SMILES string of the molecule is COC(=O)c1ccc(C)c(S(=O)(=O)NCCN2CCNCC2)c1. The van der Waals surface area contributed by atoms with Crippen LogP contribution in [0, 0.1) is 6.92 Å². The predicted molar refractivity (Wildman–Crippen MR) is 87.0 cm³/mol. The second kappa shape index (κ2) is 7.87. The van der Waals surface area contributed by atoms with E-state index in [4.69, 9.17) is 0 Å². The fraction of sp³-hybridized carbons (Fsp3) is 0.533. The number of ether oxygens (including phenoxy) is 1. The summed E-state index contributed by atoms with van der Waals surface area (Å²) in [5.74, 6) is -0.553. The van der Waals surface area contributed by atoms with Gasteiger partial charge in [-0.1, -0.05) is 6.07 Å². The zero-order chi connectivity index (χ0) is 16.9. The van der Waals surface area contributed by atoms with Crippen molar-refractivity contribution in [2.75, 3.05) is 46.4 Å². The molecule has 0 spiro atoms. The summed E-state index contributed by atoms with van der Waals surface area (Å²) >= 11 is 0. The van der Waals surface area contributed by atoms with Gasteiger partial charge in [-0.25, -0.2) is 17.9 Å². The number of hydrogen-bond donors (Lipinski definition) is 2. The predicted octanol–water partition coefficient (Wildman–Crippen LogP) is -0.0349. The molecule has 0 aromatic heterocycles. The molecular weight excluding hydrogens is 318 g/mol. The molecule has 2 rings (SSSR count). The molecule has 0 saturated carbocycles. The number of carbonyl (C=O) groups excluding carboxylic acids is 1. The zero-order valence-corrected chi connectivity index (χ0v) is 14.3. The normalized spacial score (nSPS) is 16.3. The summed E-state index contributed by atoms with van der Waals surface area (Å²) in [6.07, 6.45) is 0. The van der Waals surface area contributed by atoms with Gasteiger partial charge < -0.3 is 10.1 Å². The first-order chi connectivity index (χ1) is 10.9. The maximum Gasteiger partial charge on any atom is 0.337 e. The van der Waals surface area contributed by atoms with Gasteiger partial charge in [0.25, 0.3) is 0 Å². The van der Waals surface area contributed by atoms with Crippen LogP contribution in [0.4, 0.5) is 0 Å². The summed E-state index contributed by atoms with van der Waals surface area (Å²) in [5.41, 5.74) is 0.813. The minimum Gasteiger partial charge on any atom is -0.465 e. The molecule has 0 atom stereocenters. The fourth-order valence-corrected chi connectivity index (χ4v) is 3.77. The van der Waals surface area contributed by atoms with Crippen LogP contribution >= 0.6 is 0 Å². The van der Waals surface area contributed by atoms with Gasteiger partial charge in [0.05, 0.1) is 17.6 Å². The number of rotatable bonds is 6. The van der Waals surface area contributed by atoms with Crippen LogP contribution in [0.15, 0.2) is 23.1 Å². The number of benzene rings is 1. The second-order valence-corrected chi connectivity index (χ2v) is 7.20. The van der Waals surface area contributed by atoms with E-state index in [-0.39, 0.29) is 10.5 Å². The Bertz CT molecular complexity index is 655. The lowest BCUT2D eigenvalue weighted by Gasteiger charge is -2.27. The minimum absolute atomic E-state index is 0.112. The van der Waals surface area contributed by atoms with E-state index >= 15 is 0 Å². The Balaban J connectivity index is 2.04. The van der Waals surface area contributed by atoms with Crippen LogP contribution in [0.5, 0.6) is 0 Å². The van der Waals surface area contributed by atoms with E-state index in [1.807, 2.05) is 0 Å². The zero-order valence-electron chi connectivity index (χ0n) is 13.5. The molecule has 8 heteroatoms. The Kier molecular flexibility index (Phi) is 6.11. The van der Waals surface area contributed by atoms with Crippen molar-refractivity contribution in [2.45, 2.75) is 11.8 Å². The molecule has 1 aromatic rings. The lowest BCUT2D eigenvalue weighted by atomic mass is 10.1. The molecule has 0 aliphatic carbocycles. The van der Waals surface area contributed by atoms with E-state index in [9.17, 15) is 13.2 Å². The topological polar surface area (TPSA) is 87.7 Å². The fourth-order valence-electron chi connectivity index (χ4n) is 2.49. The summed E-state index contributed by atoms with van der Waals surface area (Å²) in [6, 6.07) is 4.52. The van der Waals surface area contributed by atoms with Crippen LogP contribution in [-0.2, 0) is 14.8 Å². The van der Waals surface area contributed by atoms with Crippen LogP contribution in [0.1, 0.15) is 15.9 Å². The number of sulfonamides is 1. The van der Waals surface area contributed by atoms with Gasteiger partial charge in [-0.3, -0.25) is 4.90 Å². The van der Waals surface area contributed by atoms with Gasteiger partial charge in [-0.05, 0) is 24.6 Å². The maximum atomic E-state index is 12.5. The van der Waals surface area contributed by atoms with E-state index in [2.05, 4.69) is 19.7 Å². The Labute approximate surface area is 137 Å². The summed E-state index contributed by atoms with van der Waals surface area (Å²) in [7, 11) is -2.39. The first-order valence-electron chi connectivity index (χ1n) is 7.56. The van der Waals surface area contributed by atoms with Crippen molar-refractivity contribution in [1.29, 1.82) is 0 Å². The number of nitrogens with zero attached hydrogens (tertiary/aromatic N) is 1. The molecule has 1 heterocycles. The minimum atomic E-state index is -3.66. The highest BCUT2D eigenvalue weighted by atomic mass is 32.2. The lowest BCUT2D eigenvalue weighted by molar-refractivity contribution is 0.0600. The van der Waals surface area contributed by atoms with Crippen LogP contribution < -0.4 is 10.0 Å². The maximum absolute atomic E-state index is 12.5. The molecule has 0 bridgehead atoms. The van der Waals surface area contributed by atoms with Gasteiger partial charge in [-0.2, -0.15) is 0 Å². The lowest BCUT2D eigenvalue weighted by Crippen LogP contribution is -2.46. The molecule has 0 amide bonds. The largest absolute Gasteiger partial charge is 0.465 e. The van der Waals surface area contributed by atoms with Gasteiger partial charge in [0.1, 0.15) is 0 Å². The number of esters is 1. The van der Waals surface area contributed by atoms with Crippen molar-refractivity contribution >= 4 is 16.0 Å². The molecule has 1 aromatic carbocycles. The van der Waals surface area contributed by atoms with E-state index < -0.39 is 16.0 Å². The van der Waals surface area contributed by atoms with E-state index in [0.717, 1.165) is 26.2 Å². The average molecular weight is 341 g/mol. The van der Waals surface area contributed by atoms with Crippen molar-refractivity contribution in [3.8, 4) is 0 Å². The van der Waals surface area contributed by atoms with E-state index in [0.29, 0.717) is 18.7 Å². The molecule has 0 radical (unpaired) electrons. The third-order valence-corrected chi connectivity index (χ3v) is 5.43. The smallest absolute Gasteiger partial charge is 0.337 e. The summed E-state index contributed by atoms with van der Waals surface area (Å²) in [5, 5.41) is 3.25. The Hall–Kier alpha value is -1.48. The van der Waals surface area contributed by atoms with Crippen LogP contribution in [0.25, 0.3) is 0 Å². The Morgan fingerprint density at radius 2 is 2.04 bits per heavy atom. The molecule has 1 aliphatic heterocycles. The number of aryl methyl sites for hydroxylation is 1. The first-order valence-corrected chi connectivity index (χ1v) is 9.04. The number of carbonyl (C=O) groups is 1. The average Bonchev–Trinajstić information content (AvgIpc) is 2.55. The quantitative estimate of drug-likeness (QED) is 0.706. The third-order valence-electron chi connectivity index (χ3n) is 3.83. The first kappa shape index (κ1) is 17.9. The van der Waals surface area contributed by atoms with Gasteiger partial charge >= 0.3 is 5.97 Å². The van der Waals surface area contributed by atoms with Crippen LogP contribution in [0.2, 0.25) is 0 Å². The number of piperazine rings is 1. The van der Waals surface area contributed by atoms with Gasteiger partial charge in [-0.15, -0.1) is 0 Å². The number of methoxy groups -OCH3 is 1. The molecule has 23 heavy (non-hydrogen) atoms. The van der Waals surface area contributed by atoms with Crippen LogP contribution in [0.3, 0.4) is 0 Å². The summed E-state index contributed by atoms with van der Waals surface area (Å²) < 4.78 is 32.2. The van der Waals surface area contributed by atoms with Crippen molar-refractivity contribution in [2.24, 2.45) is 0 Å². The van der Waals surface area contributed by atoms with Gasteiger partial charge in [0.15, 0.2) is 0 Å². The molecule has 1 saturated heterocycles. The van der Waals surface area contributed by atoms with Gasteiger partial charge in [0.2, 0.25) is 10.0 Å². The molecule has 7 nitrogen and oxygen atoms in total. The van der Waals surface area contributed by atoms with Gasteiger partial charge in [0, 0.05) is 39.3 Å². The van der Waals surface area contributed by atoms with Crippen molar-refractivity contribution in [3.63, 3.8) is 0 Å². The number of nitrogens with one attached hydrogen (secondary N) is 2. The van der Waals surface area contributed by atoms with E-state index in [1.54, 1.807) is 19.1 Å². The van der Waals surface area contributed by atoms with E-state index in [1.165, 1.54) is 13.2 Å². The summed E-state index contributed by atoms with van der Waals surface area (Å²) in [4.78, 5) is 13.9. The highest BCUT2D eigenvalue weighted by molar-refractivity contribution is 7.89. The highest BCUT2D eigenvalue weighted by Crippen LogP contribution is 2.17.